The Bertz CT molecular complexity index is 752. The molecule has 102 valence electrons. The lowest BCUT2D eigenvalue weighted by atomic mass is 10.1. The summed E-state index contributed by atoms with van der Waals surface area (Å²) in [7, 11) is 2.05. The van der Waals surface area contributed by atoms with E-state index in [1.807, 2.05) is 6.92 Å². The van der Waals surface area contributed by atoms with Gasteiger partial charge in [-0.15, -0.1) is 0 Å². The molecule has 0 radical (unpaired) electrons. The predicted octanol–water partition coefficient (Wildman–Crippen LogP) is 3.57. The minimum atomic E-state index is 0.0317. The first-order valence-electron chi connectivity index (χ1n) is 6.85. The van der Waals surface area contributed by atoms with Gasteiger partial charge in [-0.05, 0) is 31.5 Å². The van der Waals surface area contributed by atoms with Gasteiger partial charge in [-0.3, -0.25) is 0 Å². The molecule has 1 aromatic heterocycles. The van der Waals surface area contributed by atoms with E-state index in [1.165, 1.54) is 5.56 Å². The lowest BCUT2D eigenvalue weighted by molar-refractivity contribution is 0.819. The average Bonchev–Trinajstić information content (AvgIpc) is 2.76. The third kappa shape index (κ3) is 2.10. The number of aromatic nitrogens is 2. The van der Waals surface area contributed by atoms with Gasteiger partial charge in [0.05, 0.1) is 11.0 Å². The molecule has 0 aliphatic rings. The van der Waals surface area contributed by atoms with E-state index in [9.17, 15) is 0 Å². The number of aryl methyl sites for hydroxylation is 2. The fraction of sp³-hybridized carbons (Fsp3) is 0.235. The van der Waals surface area contributed by atoms with Crippen molar-refractivity contribution >= 4 is 11.0 Å². The third-order valence-electron chi connectivity index (χ3n) is 3.74. The second-order valence-electron chi connectivity index (χ2n) is 5.40. The van der Waals surface area contributed by atoms with Gasteiger partial charge >= 0.3 is 0 Å². The van der Waals surface area contributed by atoms with Crippen LogP contribution in [-0.4, -0.2) is 9.55 Å². The molecular weight excluding hydrogens is 246 g/mol. The maximum absolute atomic E-state index is 5.94. The van der Waals surface area contributed by atoms with Crippen molar-refractivity contribution in [3.05, 3.63) is 53.6 Å². The predicted molar refractivity (Wildman–Crippen MR) is 83.5 cm³/mol. The van der Waals surface area contributed by atoms with Crippen molar-refractivity contribution in [3.63, 3.8) is 0 Å². The maximum Gasteiger partial charge on any atom is 0.140 e. The van der Waals surface area contributed by atoms with Gasteiger partial charge in [-0.2, -0.15) is 0 Å². The second-order valence-corrected chi connectivity index (χ2v) is 5.40. The van der Waals surface area contributed by atoms with E-state index in [2.05, 4.69) is 61.0 Å². The lowest BCUT2D eigenvalue weighted by Crippen LogP contribution is -2.04. The van der Waals surface area contributed by atoms with E-state index in [4.69, 9.17) is 10.7 Å². The molecule has 20 heavy (non-hydrogen) atoms. The van der Waals surface area contributed by atoms with Gasteiger partial charge in [0.25, 0.3) is 0 Å². The molecule has 1 unspecified atom stereocenters. The zero-order valence-corrected chi connectivity index (χ0v) is 12.1. The Morgan fingerprint density at radius 2 is 1.80 bits per heavy atom. The number of fused-ring (bicyclic) bond motifs is 1. The summed E-state index contributed by atoms with van der Waals surface area (Å²) in [5, 5.41) is 0. The van der Waals surface area contributed by atoms with Crippen LogP contribution in [0.5, 0.6) is 0 Å². The Kier molecular flexibility index (Phi) is 3.07. The highest BCUT2D eigenvalue weighted by atomic mass is 15.1. The monoisotopic (exact) mass is 265 g/mol. The van der Waals surface area contributed by atoms with Gasteiger partial charge in [0.15, 0.2) is 0 Å². The molecule has 2 N–H and O–H groups in total. The molecule has 0 fully saturated rings. The summed E-state index contributed by atoms with van der Waals surface area (Å²) in [6, 6.07) is 14.7. The molecule has 0 saturated heterocycles. The number of imidazole rings is 1. The zero-order chi connectivity index (χ0) is 14.3. The summed E-state index contributed by atoms with van der Waals surface area (Å²) < 4.78 is 2.13. The number of hydrogen-bond donors (Lipinski definition) is 1. The van der Waals surface area contributed by atoms with Crippen molar-refractivity contribution < 1.29 is 0 Å². The number of rotatable bonds is 2. The Balaban J connectivity index is 2.17. The first-order valence-corrected chi connectivity index (χ1v) is 6.85. The van der Waals surface area contributed by atoms with Crippen molar-refractivity contribution in [3.8, 4) is 11.4 Å². The summed E-state index contributed by atoms with van der Waals surface area (Å²) in [5.41, 5.74) is 11.6. The van der Waals surface area contributed by atoms with Crippen LogP contribution in [0.3, 0.4) is 0 Å². The van der Waals surface area contributed by atoms with Crippen LogP contribution in [0.25, 0.3) is 22.4 Å². The molecule has 0 aliphatic carbocycles. The molecule has 3 heteroatoms. The Morgan fingerprint density at radius 3 is 2.45 bits per heavy atom. The van der Waals surface area contributed by atoms with Gasteiger partial charge in [-0.1, -0.05) is 35.9 Å². The summed E-state index contributed by atoms with van der Waals surface area (Å²) in [6.07, 6.45) is 0. The van der Waals surface area contributed by atoms with Gasteiger partial charge < -0.3 is 10.3 Å². The molecule has 1 atom stereocenters. The maximum atomic E-state index is 5.94. The largest absolute Gasteiger partial charge is 0.327 e. The minimum absolute atomic E-state index is 0.0317. The van der Waals surface area contributed by atoms with Crippen molar-refractivity contribution in [1.82, 2.24) is 9.55 Å². The standard InChI is InChI=1S/C17H19N3/c1-11-4-6-13(7-5-11)17-19-15-10-14(12(2)18)8-9-16(15)20(17)3/h4-10,12H,18H2,1-3H3. The van der Waals surface area contributed by atoms with Crippen molar-refractivity contribution in [2.45, 2.75) is 19.9 Å². The second kappa shape index (κ2) is 4.76. The quantitative estimate of drug-likeness (QED) is 0.769. The van der Waals surface area contributed by atoms with Crippen LogP contribution in [0.4, 0.5) is 0 Å². The van der Waals surface area contributed by atoms with Crippen LogP contribution < -0.4 is 5.73 Å². The van der Waals surface area contributed by atoms with E-state index in [0.717, 1.165) is 28.0 Å². The normalized spacial score (nSPS) is 12.8. The van der Waals surface area contributed by atoms with E-state index in [-0.39, 0.29) is 6.04 Å². The number of hydrogen-bond acceptors (Lipinski definition) is 2. The molecule has 0 saturated carbocycles. The van der Waals surface area contributed by atoms with E-state index in [0.29, 0.717) is 0 Å². The van der Waals surface area contributed by atoms with Crippen LogP contribution in [-0.2, 0) is 7.05 Å². The Hall–Kier alpha value is -2.13. The number of nitrogens with zero attached hydrogens (tertiary/aromatic N) is 2. The first kappa shape index (κ1) is 12.9. The lowest BCUT2D eigenvalue weighted by Gasteiger charge is -2.05. The Labute approximate surface area is 119 Å². The van der Waals surface area contributed by atoms with E-state index in [1.54, 1.807) is 0 Å². The fourth-order valence-corrected chi connectivity index (χ4v) is 2.46. The molecular formula is C17H19N3. The molecule has 3 nitrogen and oxygen atoms in total. The molecule has 3 aromatic rings. The van der Waals surface area contributed by atoms with E-state index >= 15 is 0 Å². The summed E-state index contributed by atoms with van der Waals surface area (Å²) in [5.74, 6) is 0.988. The van der Waals surface area contributed by atoms with Crippen molar-refractivity contribution in [2.75, 3.05) is 0 Å². The molecule has 0 bridgehead atoms. The third-order valence-corrected chi connectivity index (χ3v) is 3.74. The smallest absolute Gasteiger partial charge is 0.140 e. The van der Waals surface area contributed by atoms with E-state index < -0.39 is 0 Å². The van der Waals surface area contributed by atoms with Crippen LogP contribution in [0.15, 0.2) is 42.5 Å². The summed E-state index contributed by atoms with van der Waals surface area (Å²) in [4.78, 5) is 4.76. The van der Waals surface area contributed by atoms with Crippen molar-refractivity contribution in [1.29, 1.82) is 0 Å². The van der Waals surface area contributed by atoms with Crippen LogP contribution in [0, 0.1) is 6.92 Å². The highest BCUT2D eigenvalue weighted by molar-refractivity contribution is 5.81. The molecule has 3 rings (SSSR count). The molecule has 0 aliphatic heterocycles. The highest BCUT2D eigenvalue weighted by Crippen LogP contribution is 2.25. The Morgan fingerprint density at radius 1 is 1.10 bits per heavy atom. The van der Waals surface area contributed by atoms with Crippen LogP contribution in [0.1, 0.15) is 24.1 Å². The van der Waals surface area contributed by atoms with Gasteiger partial charge in [-0.25, -0.2) is 4.98 Å². The highest BCUT2D eigenvalue weighted by Gasteiger charge is 2.11. The summed E-state index contributed by atoms with van der Waals surface area (Å²) >= 11 is 0. The summed E-state index contributed by atoms with van der Waals surface area (Å²) in [6.45, 7) is 4.08. The molecule has 1 heterocycles. The topological polar surface area (TPSA) is 43.8 Å². The number of nitrogens with two attached hydrogens (primary N) is 1. The zero-order valence-electron chi connectivity index (χ0n) is 12.1. The molecule has 0 amide bonds. The average molecular weight is 265 g/mol. The fourth-order valence-electron chi connectivity index (χ4n) is 2.46. The van der Waals surface area contributed by atoms with Crippen LogP contribution >= 0.6 is 0 Å². The number of benzene rings is 2. The van der Waals surface area contributed by atoms with Gasteiger partial charge in [0.1, 0.15) is 5.82 Å². The van der Waals surface area contributed by atoms with Crippen molar-refractivity contribution in [2.24, 2.45) is 12.8 Å². The molecule has 2 aromatic carbocycles. The van der Waals surface area contributed by atoms with Gasteiger partial charge in [0, 0.05) is 18.7 Å². The van der Waals surface area contributed by atoms with Gasteiger partial charge in [0.2, 0.25) is 0 Å². The molecule has 0 spiro atoms. The first-order chi connectivity index (χ1) is 9.56. The minimum Gasteiger partial charge on any atom is -0.327 e. The van der Waals surface area contributed by atoms with Crippen LogP contribution in [0.2, 0.25) is 0 Å². The SMILES string of the molecule is Cc1ccc(-c2nc3cc(C(C)N)ccc3n2C)cc1.